The molecule has 0 spiro atoms. The summed E-state index contributed by atoms with van der Waals surface area (Å²) in [6.07, 6.45) is 0.222. The van der Waals surface area contributed by atoms with Gasteiger partial charge in [0.05, 0.1) is 17.2 Å². The smallest absolute Gasteiger partial charge is 0.274 e. The van der Waals surface area contributed by atoms with Crippen molar-refractivity contribution in [1.82, 2.24) is 5.32 Å². The standard InChI is InChI=1S/C30H25N3O4S/c34-29-18-28(22-14-16-23(17-15-22)30(35)31-19-21-8-2-1-3-9-21)38-27-13-7-6-12-26(27)32(29)20-24-10-4-5-11-25(24)33(36)37/h1-17,28H,18-20H2,(H,31,35). The van der Waals surface area contributed by atoms with Gasteiger partial charge in [-0.2, -0.15) is 0 Å². The van der Waals surface area contributed by atoms with Crippen LogP contribution < -0.4 is 10.2 Å². The number of para-hydroxylation sites is 2. The third-order valence-corrected chi connectivity index (χ3v) is 7.77. The number of amides is 2. The maximum Gasteiger partial charge on any atom is 0.274 e. The molecular formula is C30H25N3O4S. The molecule has 0 fully saturated rings. The molecule has 1 heterocycles. The predicted octanol–water partition coefficient (Wildman–Crippen LogP) is 6.30. The molecule has 1 atom stereocenters. The lowest BCUT2D eigenvalue weighted by Gasteiger charge is -2.22. The zero-order chi connectivity index (χ0) is 26.5. The number of hydrogen-bond acceptors (Lipinski definition) is 5. The molecule has 1 aliphatic rings. The third-order valence-electron chi connectivity index (χ3n) is 6.44. The summed E-state index contributed by atoms with van der Waals surface area (Å²) >= 11 is 1.58. The number of carbonyl (C=O) groups is 2. The first-order valence-corrected chi connectivity index (χ1v) is 13.1. The van der Waals surface area contributed by atoms with Crippen LogP contribution in [0.3, 0.4) is 0 Å². The average molecular weight is 524 g/mol. The summed E-state index contributed by atoms with van der Waals surface area (Å²) in [5.41, 5.74) is 3.72. The largest absolute Gasteiger partial charge is 0.348 e. The highest BCUT2D eigenvalue weighted by molar-refractivity contribution is 7.99. The first-order valence-electron chi connectivity index (χ1n) is 12.2. The number of benzene rings is 4. The number of nitro groups is 1. The molecule has 0 saturated heterocycles. The number of rotatable bonds is 7. The fourth-order valence-corrected chi connectivity index (χ4v) is 5.74. The fourth-order valence-electron chi connectivity index (χ4n) is 4.46. The number of anilines is 1. The molecule has 8 heteroatoms. The van der Waals surface area contributed by atoms with Crippen LogP contribution in [0.5, 0.6) is 0 Å². The van der Waals surface area contributed by atoms with Crippen LogP contribution in [0.1, 0.15) is 38.7 Å². The lowest BCUT2D eigenvalue weighted by molar-refractivity contribution is -0.385. The van der Waals surface area contributed by atoms with E-state index in [4.69, 9.17) is 0 Å². The Morgan fingerprint density at radius 1 is 0.921 bits per heavy atom. The molecule has 5 rings (SSSR count). The van der Waals surface area contributed by atoms with Crippen LogP contribution in [0.15, 0.2) is 108 Å². The van der Waals surface area contributed by atoms with Crippen molar-refractivity contribution in [2.75, 3.05) is 4.90 Å². The van der Waals surface area contributed by atoms with Crippen molar-refractivity contribution in [2.45, 2.75) is 29.7 Å². The van der Waals surface area contributed by atoms with Crippen LogP contribution >= 0.6 is 11.8 Å². The number of carbonyl (C=O) groups excluding carboxylic acids is 2. The van der Waals surface area contributed by atoms with Crippen LogP contribution in [0.2, 0.25) is 0 Å². The van der Waals surface area contributed by atoms with E-state index in [1.165, 1.54) is 6.07 Å². The molecule has 0 aliphatic carbocycles. The first kappa shape index (κ1) is 25.2. The quantitative estimate of drug-likeness (QED) is 0.227. The van der Waals surface area contributed by atoms with Crippen molar-refractivity contribution in [1.29, 1.82) is 0 Å². The van der Waals surface area contributed by atoms with Crippen molar-refractivity contribution in [3.63, 3.8) is 0 Å². The van der Waals surface area contributed by atoms with Crippen molar-refractivity contribution in [2.24, 2.45) is 0 Å². The Bertz CT molecular complexity index is 1470. The number of nitro benzene ring substituents is 1. The molecule has 1 unspecified atom stereocenters. The van der Waals surface area contributed by atoms with Gasteiger partial charge in [-0.1, -0.05) is 72.8 Å². The minimum Gasteiger partial charge on any atom is -0.348 e. The number of nitrogens with zero attached hydrogens (tertiary/aromatic N) is 2. The first-order chi connectivity index (χ1) is 18.5. The molecule has 1 aliphatic heterocycles. The van der Waals surface area contributed by atoms with E-state index in [9.17, 15) is 19.7 Å². The second-order valence-corrected chi connectivity index (χ2v) is 10.2. The van der Waals surface area contributed by atoms with E-state index in [1.807, 2.05) is 66.7 Å². The van der Waals surface area contributed by atoms with Gasteiger partial charge < -0.3 is 10.2 Å². The lowest BCUT2D eigenvalue weighted by Crippen LogP contribution is -2.30. The van der Waals surface area contributed by atoms with Crippen LogP contribution in [0.4, 0.5) is 11.4 Å². The van der Waals surface area contributed by atoms with Crippen molar-refractivity contribution >= 4 is 35.0 Å². The molecule has 38 heavy (non-hydrogen) atoms. The number of fused-ring (bicyclic) bond motifs is 1. The topological polar surface area (TPSA) is 92.6 Å². The zero-order valence-electron chi connectivity index (χ0n) is 20.4. The van der Waals surface area contributed by atoms with Crippen LogP contribution in [-0.4, -0.2) is 16.7 Å². The molecule has 4 aromatic rings. The van der Waals surface area contributed by atoms with E-state index in [0.717, 1.165) is 21.7 Å². The highest BCUT2D eigenvalue weighted by Crippen LogP contribution is 2.46. The molecule has 7 nitrogen and oxygen atoms in total. The second-order valence-electron chi connectivity index (χ2n) is 8.93. The van der Waals surface area contributed by atoms with E-state index < -0.39 is 4.92 Å². The molecule has 2 amide bonds. The van der Waals surface area contributed by atoms with Crippen molar-refractivity contribution < 1.29 is 14.5 Å². The highest BCUT2D eigenvalue weighted by Gasteiger charge is 2.30. The maximum absolute atomic E-state index is 13.5. The van der Waals surface area contributed by atoms with Crippen LogP contribution in [0, 0.1) is 10.1 Å². The summed E-state index contributed by atoms with van der Waals surface area (Å²) < 4.78 is 0. The van der Waals surface area contributed by atoms with Crippen LogP contribution in [-0.2, 0) is 17.9 Å². The zero-order valence-corrected chi connectivity index (χ0v) is 21.3. The Balaban J connectivity index is 1.35. The highest BCUT2D eigenvalue weighted by atomic mass is 32.2. The van der Waals surface area contributed by atoms with Crippen LogP contribution in [0.25, 0.3) is 0 Å². The SMILES string of the molecule is O=C(NCc1ccccc1)c1ccc(C2CC(=O)N(Cc3ccccc3[N+](=O)[O-])c3ccccc3S2)cc1. The van der Waals surface area contributed by atoms with Crippen molar-refractivity contribution in [3.05, 3.63) is 135 Å². The number of hydrogen-bond donors (Lipinski definition) is 1. The van der Waals surface area contributed by atoms with E-state index in [2.05, 4.69) is 5.32 Å². The predicted molar refractivity (Wildman–Crippen MR) is 148 cm³/mol. The molecule has 0 saturated carbocycles. The van der Waals surface area contributed by atoms with E-state index in [-0.39, 0.29) is 35.7 Å². The summed E-state index contributed by atoms with van der Waals surface area (Å²) in [6, 6.07) is 31.2. The van der Waals surface area contributed by atoms with Gasteiger partial charge in [-0.05, 0) is 35.4 Å². The van der Waals surface area contributed by atoms with Gasteiger partial charge >= 0.3 is 0 Å². The Kier molecular flexibility index (Phi) is 7.51. The molecule has 0 bridgehead atoms. The van der Waals surface area contributed by atoms with Gasteiger partial charge in [-0.25, -0.2) is 0 Å². The van der Waals surface area contributed by atoms with Gasteiger partial charge in [0.25, 0.3) is 11.6 Å². The van der Waals surface area contributed by atoms with Crippen molar-refractivity contribution in [3.8, 4) is 0 Å². The Morgan fingerprint density at radius 2 is 1.61 bits per heavy atom. The van der Waals surface area contributed by atoms with E-state index in [1.54, 1.807) is 47.0 Å². The lowest BCUT2D eigenvalue weighted by atomic mass is 10.1. The molecule has 4 aromatic carbocycles. The second kappa shape index (κ2) is 11.3. The molecule has 190 valence electrons. The molecule has 0 aromatic heterocycles. The summed E-state index contributed by atoms with van der Waals surface area (Å²) in [6.45, 7) is 0.557. The molecule has 0 radical (unpaired) electrons. The van der Waals surface area contributed by atoms with E-state index >= 15 is 0 Å². The van der Waals surface area contributed by atoms with Gasteiger partial charge in [-0.3, -0.25) is 19.7 Å². The Hall–Kier alpha value is -4.43. The minimum absolute atomic E-state index is 0.00707. The normalized spacial score (nSPS) is 14.9. The third kappa shape index (κ3) is 5.60. The summed E-state index contributed by atoms with van der Waals surface area (Å²) in [5, 5.41) is 14.3. The molecule has 1 N–H and O–H groups in total. The fraction of sp³-hybridized carbons (Fsp3) is 0.133. The summed E-state index contributed by atoms with van der Waals surface area (Å²) in [7, 11) is 0. The maximum atomic E-state index is 13.5. The summed E-state index contributed by atoms with van der Waals surface area (Å²) in [5.74, 6) is -0.277. The number of nitrogens with one attached hydrogen (secondary N) is 1. The molecular weight excluding hydrogens is 498 g/mol. The van der Waals surface area contributed by atoms with Gasteiger partial charge in [0, 0.05) is 40.3 Å². The monoisotopic (exact) mass is 523 g/mol. The Morgan fingerprint density at radius 3 is 2.37 bits per heavy atom. The Labute approximate surface area is 224 Å². The average Bonchev–Trinajstić information content (AvgIpc) is 3.08. The van der Waals surface area contributed by atoms with E-state index in [0.29, 0.717) is 17.7 Å². The van der Waals surface area contributed by atoms with Gasteiger partial charge in [0.15, 0.2) is 0 Å². The number of thioether (sulfide) groups is 1. The van der Waals surface area contributed by atoms with Gasteiger partial charge in [0.2, 0.25) is 5.91 Å². The van der Waals surface area contributed by atoms with Gasteiger partial charge in [0.1, 0.15) is 0 Å². The van der Waals surface area contributed by atoms with Gasteiger partial charge in [-0.15, -0.1) is 11.8 Å². The summed E-state index contributed by atoms with van der Waals surface area (Å²) in [4.78, 5) is 39.9. The minimum atomic E-state index is -0.418.